The Labute approximate surface area is 63.9 Å². The van der Waals surface area contributed by atoms with Crippen LogP contribution < -0.4 is 0 Å². The number of hydrogen-bond donors (Lipinski definition) is 4. The second kappa shape index (κ2) is 4.68. The van der Waals surface area contributed by atoms with Crippen LogP contribution in [0.5, 0.6) is 0 Å². The van der Waals surface area contributed by atoms with Crippen LogP contribution in [0.2, 0.25) is 0 Å². The Hall–Kier alpha value is -0.100. The van der Waals surface area contributed by atoms with Crippen LogP contribution in [0.3, 0.4) is 0 Å². The Morgan fingerprint density at radius 2 is 2.00 bits per heavy atom. The molecule has 0 aromatic heterocycles. The van der Waals surface area contributed by atoms with Crippen molar-refractivity contribution in [3.63, 3.8) is 0 Å². The molecule has 0 unspecified atom stereocenters. The van der Waals surface area contributed by atoms with Crippen LogP contribution in [0.1, 0.15) is 0 Å². The summed E-state index contributed by atoms with van der Waals surface area (Å²) >= 11 is 3.63. The van der Waals surface area contributed by atoms with E-state index in [-0.39, 0.29) is 0 Å². The molecule has 0 rings (SSSR count). The molecule has 0 aliphatic heterocycles. The molecule has 0 saturated heterocycles. The van der Waals surface area contributed by atoms with Gasteiger partial charge in [0, 0.05) is 0 Å². The van der Waals surface area contributed by atoms with Gasteiger partial charge < -0.3 is 20.1 Å². The predicted molar refractivity (Wildman–Crippen MR) is 37.9 cm³/mol. The van der Waals surface area contributed by atoms with E-state index in [1.165, 1.54) is 0 Å². The van der Waals surface area contributed by atoms with Crippen LogP contribution in [-0.4, -0.2) is 45.7 Å². The Balaban J connectivity index is 3.80. The summed E-state index contributed by atoms with van der Waals surface area (Å²) in [4.78, 5) is 9.94. The average Bonchev–Trinajstić information content (AvgIpc) is 2.00. The lowest BCUT2D eigenvalue weighted by molar-refractivity contribution is -0.111. The number of carbonyl (C=O) groups excluding carboxylic acids is 1. The van der Waals surface area contributed by atoms with E-state index < -0.39 is 24.1 Å². The van der Waals surface area contributed by atoms with E-state index in [0.717, 1.165) is 0 Å². The van der Waals surface area contributed by atoms with E-state index in [0.29, 0.717) is 6.29 Å². The van der Waals surface area contributed by atoms with Gasteiger partial charge in [-0.2, -0.15) is 12.6 Å². The van der Waals surface area contributed by atoms with Crippen LogP contribution in [0.4, 0.5) is 0 Å². The molecule has 60 valence electrons. The Bertz CT molecular complexity index is 108. The smallest absolute Gasteiger partial charge is 0.135 e. The highest BCUT2D eigenvalue weighted by Gasteiger charge is 2.21. The topological polar surface area (TPSA) is 77.8 Å². The van der Waals surface area contributed by atoms with E-state index in [2.05, 4.69) is 12.6 Å². The molecule has 0 saturated carbocycles. The average molecular weight is 166 g/mol. The minimum absolute atomic E-state index is 0.395. The molecule has 10 heavy (non-hydrogen) atoms. The number of rotatable bonds is 4. The summed E-state index contributed by atoms with van der Waals surface area (Å²) in [6.07, 6.45) is -2.20. The molecule has 3 atom stereocenters. The summed E-state index contributed by atoms with van der Waals surface area (Å²) < 4.78 is 0. The zero-order chi connectivity index (χ0) is 8.15. The highest BCUT2D eigenvalue weighted by molar-refractivity contribution is 7.81. The van der Waals surface area contributed by atoms with Gasteiger partial charge in [0.2, 0.25) is 0 Å². The Kier molecular flexibility index (Phi) is 4.63. The zero-order valence-electron chi connectivity index (χ0n) is 5.21. The summed E-state index contributed by atoms with van der Waals surface area (Å²) in [6.45, 7) is -0.577. The quantitative estimate of drug-likeness (QED) is 0.293. The molecule has 3 N–H and O–H groups in total. The van der Waals surface area contributed by atoms with Crippen molar-refractivity contribution in [1.29, 1.82) is 0 Å². The van der Waals surface area contributed by atoms with E-state index >= 15 is 0 Å². The molecule has 0 amide bonds. The summed E-state index contributed by atoms with van der Waals surface area (Å²) in [7, 11) is 0. The fourth-order valence-electron chi connectivity index (χ4n) is 0.416. The molecule has 0 aromatic carbocycles. The van der Waals surface area contributed by atoms with Crippen molar-refractivity contribution >= 4 is 18.9 Å². The fraction of sp³-hybridized carbons (Fsp3) is 0.800. The minimum Gasteiger partial charge on any atom is -0.394 e. The summed E-state index contributed by atoms with van der Waals surface area (Å²) in [5.41, 5.74) is 0. The lowest BCUT2D eigenvalue weighted by Gasteiger charge is -2.16. The number of aldehydes is 1. The summed E-state index contributed by atoms with van der Waals surface area (Å²) in [6, 6.07) is 0. The lowest BCUT2D eigenvalue weighted by atomic mass is 10.1. The first-order chi connectivity index (χ1) is 4.63. The van der Waals surface area contributed by atoms with Crippen molar-refractivity contribution in [3.05, 3.63) is 0 Å². The second-order valence-corrected chi connectivity index (χ2v) is 2.46. The molecule has 0 heterocycles. The van der Waals surface area contributed by atoms with Crippen LogP contribution >= 0.6 is 12.6 Å². The third kappa shape index (κ3) is 2.66. The summed E-state index contributed by atoms with van der Waals surface area (Å²) in [5.74, 6) is 0. The molecular weight excluding hydrogens is 156 g/mol. The van der Waals surface area contributed by atoms with Crippen molar-refractivity contribution in [2.75, 3.05) is 6.61 Å². The number of aliphatic hydroxyl groups is 3. The van der Waals surface area contributed by atoms with E-state index in [1.807, 2.05) is 0 Å². The highest BCUT2D eigenvalue weighted by Crippen LogP contribution is 2.03. The van der Waals surface area contributed by atoms with Gasteiger partial charge in [0.1, 0.15) is 18.5 Å². The normalized spacial score (nSPS) is 19.6. The highest BCUT2D eigenvalue weighted by atomic mass is 32.1. The second-order valence-electron chi connectivity index (χ2n) is 1.87. The molecule has 0 fully saturated rings. The molecular formula is C5H10O4S. The van der Waals surface area contributed by atoms with Crippen LogP contribution in [-0.2, 0) is 4.79 Å². The van der Waals surface area contributed by atoms with E-state index in [1.54, 1.807) is 0 Å². The van der Waals surface area contributed by atoms with Crippen molar-refractivity contribution in [1.82, 2.24) is 0 Å². The van der Waals surface area contributed by atoms with Crippen LogP contribution in [0.15, 0.2) is 0 Å². The third-order valence-electron chi connectivity index (χ3n) is 1.07. The maximum Gasteiger partial charge on any atom is 0.135 e. The van der Waals surface area contributed by atoms with Crippen LogP contribution in [0, 0.1) is 0 Å². The number of carbonyl (C=O) groups is 1. The number of hydrogen-bond acceptors (Lipinski definition) is 5. The molecule has 5 heteroatoms. The van der Waals surface area contributed by atoms with Gasteiger partial charge in [-0.05, 0) is 0 Å². The molecule has 0 spiro atoms. The molecule has 0 aliphatic carbocycles. The van der Waals surface area contributed by atoms with Crippen molar-refractivity contribution < 1.29 is 20.1 Å². The standard InChI is InChI=1S/C5H10O4S/c6-1-3(8)5(9)4(10)2-7/h2-6,8-10H,1H2/t3-,4+,5-/m1/s1. The minimum atomic E-state index is -1.30. The van der Waals surface area contributed by atoms with Crippen molar-refractivity contribution in [3.8, 4) is 0 Å². The van der Waals surface area contributed by atoms with Gasteiger partial charge in [0.05, 0.1) is 11.9 Å². The molecule has 0 bridgehead atoms. The largest absolute Gasteiger partial charge is 0.394 e. The first-order valence-corrected chi connectivity index (χ1v) is 3.25. The molecule has 0 aliphatic rings. The number of aliphatic hydroxyl groups excluding tert-OH is 3. The van der Waals surface area contributed by atoms with Gasteiger partial charge in [-0.3, -0.25) is 0 Å². The van der Waals surface area contributed by atoms with Gasteiger partial charge in [0.15, 0.2) is 0 Å². The lowest BCUT2D eigenvalue weighted by Crippen LogP contribution is -2.37. The molecule has 0 radical (unpaired) electrons. The maximum atomic E-state index is 9.94. The third-order valence-corrected chi connectivity index (χ3v) is 1.50. The van der Waals surface area contributed by atoms with E-state index in [4.69, 9.17) is 15.3 Å². The van der Waals surface area contributed by atoms with Gasteiger partial charge in [-0.1, -0.05) is 0 Å². The summed E-state index contributed by atoms with van der Waals surface area (Å²) in [5, 5.41) is 24.9. The first kappa shape index (κ1) is 9.90. The van der Waals surface area contributed by atoms with Crippen molar-refractivity contribution in [2.45, 2.75) is 17.5 Å². The fourth-order valence-corrected chi connectivity index (χ4v) is 0.615. The van der Waals surface area contributed by atoms with Gasteiger partial charge in [-0.15, -0.1) is 0 Å². The predicted octanol–water partition coefficient (Wildman–Crippen LogP) is -1.80. The maximum absolute atomic E-state index is 9.94. The molecule has 0 aromatic rings. The zero-order valence-corrected chi connectivity index (χ0v) is 6.11. The number of thiol groups is 1. The van der Waals surface area contributed by atoms with E-state index in [9.17, 15) is 4.79 Å². The Morgan fingerprint density at radius 3 is 2.30 bits per heavy atom. The monoisotopic (exact) mass is 166 g/mol. The van der Waals surface area contributed by atoms with Crippen molar-refractivity contribution in [2.24, 2.45) is 0 Å². The van der Waals surface area contributed by atoms with Crippen LogP contribution in [0.25, 0.3) is 0 Å². The first-order valence-electron chi connectivity index (χ1n) is 2.73. The van der Waals surface area contributed by atoms with Gasteiger partial charge in [0.25, 0.3) is 0 Å². The molecule has 4 nitrogen and oxygen atoms in total. The SMILES string of the molecule is O=C[C@H](S)[C@H](O)[C@H](O)CO. The van der Waals surface area contributed by atoms with Gasteiger partial charge in [-0.25, -0.2) is 0 Å². The van der Waals surface area contributed by atoms with Gasteiger partial charge >= 0.3 is 0 Å². The Morgan fingerprint density at radius 1 is 1.50 bits per heavy atom.